The number of hydrogen-bond acceptors (Lipinski definition) is 4. The van der Waals surface area contributed by atoms with Crippen molar-refractivity contribution in [1.82, 2.24) is 10.3 Å². The molecular formula is C20H15F5N2O2S. The number of rotatable bonds is 6. The van der Waals surface area contributed by atoms with Gasteiger partial charge in [0.2, 0.25) is 5.91 Å². The first-order valence-electron chi connectivity index (χ1n) is 8.65. The van der Waals surface area contributed by atoms with Crippen molar-refractivity contribution in [3.63, 3.8) is 0 Å². The summed E-state index contributed by atoms with van der Waals surface area (Å²) in [5, 5.41) is 14.5. The quantitative estimate of drug-likeness (QED) is 0.553. The second-order valence-electron chi connectivity index (χ2n) is 6.38. The van der Waals surface area contributed by atoms with Gasteiger partial charge in [0.25, 0.3) is 0 Å². The summed E-state index contributed by atoms with van der Waals surface area (Å²) in [5.41, 5.74) is -0.0229. The molecule has 2 N–H and O–H groups in total. The van der Waals surface area contributed by atoms with Crippen molar-refractivity contribution in [2.24, 2.45) is 0 Å². The zero-order valence-electron chi connectivity index (χ0n) is 15.2. The maximum absolute atomic E-state index is 13.6. The molecule has 158 valence electrons. The highest BCUT2D eigenvalue weighted by atomic mass is 32.1. The van der Waals surface area contributed by atoms with E-state index >= 15 is 0 Å². The molecule has 4 nitrogen and oxygen atoms in total. The number of aliphatic hydroxyl groups is 1. The average Bonchev–Trinajstić information content (AvgIpc) is 3.14. The number of benzene rings is 2. The van der Waals surface area contributed by atoms with Crippen molar-refractivity contribution in [2.75, 3.05) is 6.54 Å². The Morgan fingerprint density at radius 3 is 2.47 bits per heavy atom. The maximum Gasteiger partial charge on any atom is 0.416 e. The molecule has 0 bridgehead atoms. The van der Waals surface area contributed by atoms with Crippen molar-refractivity contribution in [3.8, 4) is 10.6 Å². The summed E-state index contributed by atoms with van der Waals surface area (Å²) in [7, 11) is 0. The van der Waals surface area contributed by atoms with E-state index < -0.39 is 35.4 Å². The van der Waals surface area contributed by atoms with Gasteiger partial charge in [-0.05, 0) is 18.2 Å². The monoisotopic (exact) mass is 442 g/mol. The number of halogens is 5. The Morgan fingerprint density at radius 2 is 1.83 bits per heavy atom. The van der Waals surface area contributed by atoms with E-state index in [0.717, 1.165) is 24.3 Å². The molecule has 0 saturated carbocycles. The third kappa shape index (κ3) is 5.39. The lowest BCUT2D eigenvalue weighted by molar-refractivity contribution is -0.137. The van der Waals surface area contributed by atoms with Crippen molar-refractivity contribution < 1.29 is 31.9 Å². The van der Waals surface area contributed by atoms with Crippen LogP contribution in [0.2, 0.25) is 0 Å². The largest absolute Gasteiger partial charge is 0.416 e. The molecule has 1 aromatic heterocycles. The standard InChI is InChI=1S/C20H15F5N2O2S/c21-13-5-6-15(16(22)7-13)17(28)9-26-18(29)8-14-10-30-19(27-14)11-1-3-12(4-2-11)20(23,24)25/h1-7,10,17,28H,8-9H2,(H,26,29). The number of alkyl halides is 3. The molecule has 0 aliphatic carbocycles. The molecule has 1 heterocycles. The van der Waals surface area contributed by atoms with Gasteiger partial charge in [-0.1, -0.05) is 18.2 Å². The molecule has 3 rings (SSSR count). The van der Waals surface area contributed by atoms with Crippen molar-refractivity contribution >= 4 is 17.2 Å². The number of carbonyl (C=O) groups is 1. The van der Waals surface area contributed by atoms with Gasteiger partial charge in [-0.3, -0.25) is 4.79 Å². The van der Waals surface area contributed by atoms with E-state index in [0.29, 0.717) is 22.3 Å². The first kappa shape index (κ1) is 21.8. The highest BCUT2D eigenvalue weighted by Crippen LogP contribution is 2.31. The summed E-state index contributed by atoms with van der Waals surface area (Å²) in [6.45, 7) is -0.280. The van der Waals surface area contributed by atoms with Crippen LogP contribution in [-0.4, -0.2) is 22.5 Å². The molecule has 10 heteroatoms. The molecular weight excluding hydrogens is 427 g/mol. The zero-order chi connectivity index (χ0) is 21.9. The van der Waals surface area contributed by atoms with E-state index in [9.17, 15) is 31.9 Å². The van der Waals surface area contributed by atoms with Crippen LogP contribution in [-0.2, 0) is 17.4 Å². The van der Waals surface area contributed by atoms with Crippen LogP contribution >= 0.6 is 11.3 Å². The topological polar surface area (TPSA) is 62.2 Å². The predicted molar refractivity (Wildman–Crippen MR) is 101 cm³/mol. The summed E-state index contributed by atoms with van der Waals surface area (Å²) >= 11 is 1.18. The fourth-order valence-corrected chi connectivity index (χ4v) is 3.47. The van der Waals surface area contributed by atoms with Gasteiger partial charge in [0.1, 0.15) is 16.6 Å². The number of nitrogens with one attached hydrogen (secondary N) is 1. The van der Waals surface area contributed by atoms with E-state index in [2.05, 4.69) is 10.3 Å². The van der Waals surface area contributed by atoms with Crippen LogP contribution in [0.4, 0.5) is 22.0 Å². The Hall–Kier alpha value is -2.85. The molecule has 30 heavy (non-hydrogen) atoms. The van der Waals surface area contributed by atoms with E-state index in [1.807, 2.05) is 0 Å². The Bertz CT molecular complexity index is 1030. The maximum atomic E-state index is 13.6. The first-order valence-corrected chi connectivity index (χ1v) is 9.53. The molecule has 1 atom stereocenters. The Labute approximate surface area is 172 Å². The van der Waals surface area contributed by atoms with E-state index in [4.69, 9.17) is 0 Å². The van der Waals surface area contributed by atoms with Gasteiger partial charge in [0.05, 0.1) is 23.8 Å². The molecule has 0 radical (unpaired) electrons. The number of aromatic nitrogens is 1. The highest BCUT2D eigenvalue weighted by Gasteiger charge is 2.30. The lowest BCUT2D eigenvalue weighted by Crippen LogP contribution is -2.30. The average molecular weight is 442 g/mol. The molecule has 0 spiro atoms. The Balaban J connectivity index is 1.57. The second-order valence-corrected chi connectivity index (χ2v) is 7.24. The predicted octanol–water partition coefficient (Wildman–Crippen LogP) is 4.50. The molecule has 1 unspecified atom stereocenters. The van der Waals surface area contributed by atoms with Crippen LogP contribution in [0, 0.1) is 11.6 Å². The number of hydrogen-bond donors (Lipinski definition) is 2. The fourth-order valence-electron chi connectivity index (χ4n) is 2.64. The first-order chi connectivity index (χ1) is 14.1. The van der Waals surface area contributed by atoms with Crippen LogP contribution in [0.25, 0.3) is 10.6 Å². The SMILES string of the molecule is O=C(Cc1csc(-c2ccc(C(F)(F)F)cc2)n1)NCC(O)c1ccc(F)cc1F. The number of thiazole rings is 1. The van der Waals surface area contributed by atoms with E-state index in [-0.39, 0.29) is 18.5 Å². The van der Waals surface area contributed by atoms with Gasteiger partial charge in [-0.15, -0.1) is 11.3 Å². The third-order valence-electron chi connectivity index (χ3n) is 4.17. The van der Waals surface area contributed by atoms with E-state index in [1.54, 1.807) is 5.38 Å². The minimum absolute atomic E-state index is 0.129. The molecule has 0 saturated heterocycles. The minimum Gasteiger partial charge on any atom is -0.386 e. The summed E-state index contributed by atoms with van der Waals surface area (Å²) in [5.74, 6) is -2.18. The van der Waals surface area contributed by atoms with Crippen LogP contribution in [0.5, 0.6) is 0 Å². The summed E-state index contributed by atoms with van der Waals surface area (Å²) in [6.07, 6.45) is -5.91. The Kier molecular flexibility index (Phi) is 6.47. The van der Waals surface area contributed by atoms with Gasteiger partial charge >= 0.3 is 6.18 Å². The molecule has 2 aromatic carbocycles. The Morgan fingerprint density at radius 1 is 1.13 bits per heavy atom. The van der Waals surface area contributed by atoms with Crippen molar-refractivity contribution in [2.45, 2.75) is 18.7 Å². The number of carbonyl (C=O) groups excluding carboxylic acids is 1. The normalized spacial score (nSPS) is 12.6. The van der Waals surface area contributed by atoms with Gasteiger partial charge in [-0.2, -0.15) is 13.2 Å². The molecule has 1 amide bonds. The van der Waals surface area contributed by atoms with Crippen LogP contribution in [0.15, 0.2) is 47.8 Å². The molecule has 0 aliphatic rings. The zero-order valence-corrected chi connectivity index (χ0v) is 16.0. The van der Waals surface area contributed by atoms with Crippen LogP contribution in [0.3, 0.4) is 0 Å². The van der Waals surface area contributed by atoms with E-state index in [1.165, 1.54) is 23.5 Å². The van der Waals surface area contributed by atoms with Gasteiger partial charge in [0, 0.05) is 29.1 Å². The minimum atomic E-state index is -4.42. The summed E-state index contributed by atoms with van der Waals surface area (Å²) in [6, 6.07) is 7.26. The second kappa shape index (κ2) is 8.88. The fraction of sp³-hybridized carbons (Fsp3) is 0.200. The number of aliphatic hydroxyl groups excluding tert-OH is 1. The lowest BCUT2D eigenvalue weighted by atomic mass is 10.1. The highest BCUT2D eigenvalue weighted by molar-refractivity contribution is 7.13. The van der Waals surface area contributed by atoms with Crippen LogP contribution < -0.4 is 5.32 Å². The molecule has 0 aliphatic heterocycles. The van der Waals surface area contributed by atoms with Crippen LogP contribution in [0.1, 0.15) is 22.9 Å². The van der Waals surface area contributed by atoms with Gasteiger partial charge in [-0.25, -0.2) is 13.8 Å². The molecule has 0 fully saturated rings. The third-order valence-corrected chi connectivity index (χ3v) is 5.11. The number of amides is 1. The summed E-state index contributed by atoms with van der Waals surface area (Å²) < 4.78 is 64.5. The van der Waals surface area contributed by atoms with Gasteiger partial charge in [0.15, 0.2) is 0 Å². The summed E-state index contributed by atoms with van der Waals surface area (Å²) in [4.78, 5) is 16.3. The van der Waals surface area contributed by atoms with Crippen molar-refractivity contribution in [1.29, 1.82) is 0 Å². The van der Waals surface area contributed by atoms with Crippen molar-refractivity contribution in [3.05, 3.63) is 76.3 Å². The van der Waals surface area contributed by atoms with Gasteiger partial charge < -0.3 is 10.4 Å². The number of nitrogens with zero attached hydrogens (tertiary/aromatic N) is 1. The smallest absolute Gasteiger partial charge is 0.386 e. The lowest BCUT2D eigenvalue weighted by Gasteiger charge is -2.13. The molecule has 3 aromatic rings.